The van der Waals surface area contributed by atoms with Gasteiger partial charge in [0.2, 0.25) is 0 Å². The zero-order valence-electron chi connectivity index (χ0n) is 9.22. The Kier molecular flexibility index (Phi) is 3.02. The summed E-state index contributed by atoms with van der Waals surface area (Å²) in [6, 6.07) is 10.2. The van der Waals surface area contributed by atoms with Crippen molar-refractivity contribution >= 4 is 5.69 Å². The van der Waals surface area contributed by atoms with Crippen LogP contribution in [0, 0.1) is 17.1 Å². The van der Waals surface area contributed by atoms with Crippen molar-refractivity contribution in [1.29, 1.82) is 5.26 Å². The lowest BCUT2D eigenvalue weighted by atomic mass is 10.2. The third-order valence-corrected chi connectivity index (χ3v) is 2.35. The number of rotatable bonds is 2. The van der Waals surface area contributed by atoms with Gasteiger partial charge in [-0.2, -0.15) is 5.26 Å². The highest BCUT2D eigenvalue weighted by molar-refractivity contribution is 5.63. The van der Waals surface area contributed by atoms with Crippen molar-refractivity contribution in [3.63, 3.8) is 0 Å². The maximum Gasteiger partial charge on any atom is 0.154 e. The van der Waals surface area contributed by atoms with Crippen molar-refractivity contribution in [2.24, 2.45) is 0 Å². The molecule has 0 saturated heterocycles. The van der Waals surface area contributed by atoms with Gasteiger partial charge >= 0.3 is 0 Å². The van der Waals surface area contributed by atoms with Crippen LogP contribution in [-0.2, 0) is 0 Å². The Bertz CT molecular complexity index is 635. The first kappa shape index (κ1) is 11.7. The van der Waals surface area contributed by atoms with Gasteiger partial charge in [0.25, 0.3) is 0 Å². The van der Waals surface area contributed by atoms with Gasteiger partial charge in [0, 0.05) is 0 Å². The van der Waals surface area contributed by atoms with E-state index >= 15 is 0 Å². The molecular formula is C13H9FN2O2. The number of nitrogen functional groups attached to an aromatic ring is 1. The predicted molar refractivity (Wildman–Crippen MR) is 63.7 cm³/mol. The van der Waals surface area contributed by atoms with Crippen LogP contribution in [0.15, 0.2) is 36.4 Å². The average molecular weight is 244 g/mol. The highest BCUT2D eigenvalue weighted by Crippen LogP contribution is 2.35. The Balaban J connectivity index is 2.44. The highest BCUT2D eigenvalue weighted by Gasteiger charge is 2.12. The Morgan fingerprint density at radius 2 is 1.83 bits per heavy atom. The summed E-state index contributed by atoms with van der Waals surface area (Å²) < 4.78 is 18.7. The maximum absolute atomic E-state index is 13.3. The highest BCUT2D eigenvalue weighted by atomic mass is 19.1. The standard InChI is InChI=1S/C13H9FN2O2/c14-9-3-1-5-11(8(9)7-15)18-12-6-2-4-10(17)13(12)16/h1-6,17H,16H2. The van der Waals surface area contributed by atoms with Gasteiger partial charge in [-0.1, -0.05) is 12.1 Å². The lowest BCUT2D eigenvalue weighted by molar-refractivity contribution is 0.456. The van der Waals surface area contributed by atoms with Crippen LogP contribution in [0.2, 0.25) is 0 Å². The van der Waals surface area contributed by atoms with E-state index in [1.165, 1.54) is 30.3 Å². The maximum atomic E-state index is 13.3. The number of anilines is 1. The molecule has 2 rings (SSSR count). The van der Waals surface area contributed by atoms with E-state index in [1.54, 1.807) is 6.07 Å². The van der Waals surface area contributed by atoms with E-state index in [-0.39, 0.29) is 28.5 Å². The largest absolute Gasteiger partial charge is 0.506 e. The molecule has 0 radical (unpaired) electrons. The molecule has 0 fully saturated rings. The van der Waals surface area contributed by atoms with Crippen molar-refractivity contribution in [3.05, 3.63) is 47.8 Å². The monoisotopic (exact) mass is 244 g/mol. The summed E-state index contributed by atoms with van der Waals surface area (Å²) in [5.41, 5.74) is 5.43. The minimum absolute atomic E-state index is 0.0330. The van der Waals surface area contributed by atoms with Crippen LogP contribution >= 0.6 is 0 Å². The molecule has 2 aromatic rings. The molecule has 0 unspecified atom stereocenters. The molecule has 3 N–H and O–H groups in total. The van der Waals surface area contributed by atoms with E-state index in [0.29, 0.717) is 0 Å². The first-order valence-corrected chi connectivity index (χ1v) is 5.07. The summed E-state index contributed by atoms with van der Waals surface area (Å²) >= 11 is 0. The van der Waals surface area contributed by atoms with Crippen LogP contribution in [-0.4, -0.2) is 5.11 Å². The number of nitrogens with two attached hydrogens (primary N) is 1. The number of nitriles is 1. The van der Waals surface area contributed by atoms with E-state index < -0.39 is 5.82 Å². The number of para-hydroxylation sites is 1. The third-order valence-electron chi connectivity index (χ3n) is 2.35. The molecule has 0 spiro atoms. The van der Waals surface area contributed by atoms with Crippen molar-refractivity contribution in [1.82, 2.24) is 0 Å². The first-order valence-electron chi connectivity index (χ1n) is 5.07. The molecule has 2 aromatic carbocycles. The van der Waals surface area contributed by atoms with Gasteiger partial charge in [-0.25, -0.2) is 4.39 Å². The number of aromatic hydroxyl groups is 1. The van der Waals surface area contributed by atoms with Crippen LogP contribution in [0.5, 0.6) is 17.2 Å². The number of hydrogen-bond acceptors (Lipinski definition) is 4. The van der Waals surface area contributed by atoms with E-state index in [0.717, 1.165) is 6.07 Å². The molecule has 18 heavy (non-hydrogen) atoms. The topological polar surface area (TPSA) is 79.3 Å². The van der Waals surface area contributed by atoms with Gasteiger partial charge in [0.1, 0.15) is 34.6 Å². The summed E-state index contributed by atoms with van der Waals surface area (Å²) in [7, 11) is 0. The second-order valence-corrected chi connectivity index (χ2v) is 3.52. The zero-order valence-corrected chi connectivity index (χ0v) is 9.22. The van der Waals surface area contributed by atoms with Gasteiger partial charge in [0.15, 0.2) is 5.75 Å². The van der Waals surface area contributed by atoms with Gasteiger partial charge in [-0.05, 0) is 24.3 Å². The molecule has 0 aromatic heterocycles. The van der Waals surface area contributed by atoms with E-state index in [2.05, 4.69) is 0 Å². The van der Waals surface area contributed by atoms with E-state index in [1.807, 2.05) is 0 Å². The molecule has 0 aliphatic heterocycles. The van der Waals surface area contributed by atoms with Crippen molar-refractivity contribution < 1.29 is 14.2 Å². The molecule has 4 nitrogen and oxygen atoms in total. The summed E-state index contributed by atoms with van der Waals surface area (Å²) in [5, 5.41) is 18.3. The predicted octanol–water partition coefficient (Wildman–Crippen LogP) is 2.78. The molecule has 0 aliphatic rings. The number of hydrogen-bond donors (Lipinski definition) is 2. The van der Waals surface area contributed by atoms with E-state index in [4.69, 9.17) is 15.7 Å². The smallest absolute Gasteiger partial charge is 0.154 e. The van der Waals surface area contributed by atoms with Crippen LogP contribution < -0.4 is 10.5 Å². The molecule has 0 atom stereocenters. The van der Waals surface area contributed by atoms with Crippen molar-refractivity contribution in [3.8, 4) is 23.3 Å². The Labute approximate surface area is 103 Å². The Morgan fingerprint density at radius 1 is 1.17 bits per heavy atom. The molecule has 0 heterocycles. The molecular weight excluding hydrogens is 235 g/mol. The summed E-state index contributed by atoms with van der Waals surface area (Å²) in [4.78, 5) is 0. The lowest BCUT2D eigenvalue weighted by Crippen LogP contribution is -1.95. The van der Waals surface area contributed by atoms with Gasteiger partial charge in [-0.3, -0.25) is 0 Å². The normalized spacial score (nSPS) is 9.78. The van der Waals surface area contributed by atoms with Crippen LogP contribution in [0.1, 0.15) is 5.56 Å². The number of phenolic OH excluding ortho intramolecular Hbond substituents is 1. The molecule has 0 bridgehead atoms. The van der Waals surface area contributed by atoms with E-state index in [9.17, 15) is 9.50 Å². The summed E-state index contributed by atoms with van der Waals surface area (Å²) in [6.45, 7) is 0. The molecule has 0 aliphatic carbocycles. The number of ether oxygens (including phenoxy) is 1. The fraction of sp³-hybridized carbons (Fsp3) is 0. The molecule has 0 saturated carbocycles. The Hall–Kier alpha value is -2.74. The summed E-state index contributed by atoms with van der Waals surface area (Å²) in [5.74, 6) is -0.594. The molecule has 5 heteroatoms. The summed E-state index contributed by atoms with van der Waals surface area (Å²) in [6.07, 6.45) is 0. The fourth-order valence-corrected chi connectivity index (χ4v) is 1.44. The molecule has 0 amide bonds. The van der Waals surface area contributed by atoms with Crippen molar-refractivity contribution in [2.75, 3.05) is 5.73 Å². The quantitative estimate of drug-likeness (QED) is 0.628. The fourth-order valence-electron chi connectivity index (χ4n) is 1.44. The van der Waals surface area contributed by atoms with Gasteiger partial charge < -0.3 is 15.6 Å². The van der Waals surface area contributed by atoms with Crippen LogP contribution in [0.4, 0.5) is 10.1 Å². The van der Waals surface area contributed by atoms with Gasteiger partial charge in [-0.15, -0.1) is 0 Å². The third kappa shape index (κ3) is 2.04. The first-order chi connectivity index (χ1) is 8.63. The second-order valence-electron chi connectivity index (χ2n) is 3.52. The lowest BCUT2D eigenvalue weighted by Gasteiger charge is -2.10. The Morgan fingerprint density at radius 3 is 2.56 bits per heavy atom. The minimum atomic E-state index is -0.672. The SMILES string of the molecule is N#Cc1c(F)cccc1Oc1cccc(O)c1N. The molecule has 90 valence electrons. The van der Waals surface area contributed by atoms with Crippen LogP contribution in [0.3, 0.4) is 0 Å². The zero-order chi connectivity index (χ0) is 13.1. The second kappa shape index (κ2) is 4.63. The number of phenols is 1. The number of benzene rings is 2. The number of nitrogens with zero attached hydrogens (tertiary/aromatic N) is 1. The van der Waals surface area contributed by atoms with Crippen LogP contribution in [0.25, 0.3) is 0 Å². The number of halogens is 1. The van der Waals surface area contributed by atoms with Gasteiger partial charge in [0.05, 0.1) is 0 Å². The average Bonchev–Trinajstić information content (AvgIpc) is 2.35. The minimum Gasteiger partial charge on any atom is -0.506 e. The van der Waals surface area contributed by atoms with Crippen molar-refractivity contribution in [2.45, 2.75) is 0 Å².